The summed E-state index contributed by atoms with van der Waals surface area (Å²) >= 11 is 0. The molecule has 86 valence electrons. The number of aliphatic hydroxyl groups is 2. The summed E-state index contributed by atoms with van der Waals surface area (Å²) in [5.74, 6) is 0. The molecule has 0 amide bonds. The lowest BCUT2D eigenvalue weighted by molar-refractivity contribution is -0.0796. The molecule has 0 spiro atoms. The second-order valence-corrected chi connectivity index (χ2v) is 3.80. The van der Waals surface area contributed by atoms with Gasteiger partial charge in [-0.3, -0.25) is 0 Å². The van der Waals surface area contributed by atoms with E-state index in [0.29, 0.717) is 6.42 Å². The van der Waals surface area contributed by atoms with Crippen molar-refractivity contribution in [2.24, 2.45) is 11.5 Å². The highest BCUT2D eigenvalue weighted by Gasteiger charge is 2.32. The first-order valence-electron chi connectivity index (χ1n) is 4.86. The zero-order valence-corrected chi connectivity index (χ0v) is 9.10. The van der Waals surface area contributed by atoms with Gasteiger partial charge in [-0.15, -0.1) is 0 Å². The molecule has 0 aromatic heterocycles. The number of nitrogens with two attached hydrogens (primary N) is 2. The first kappa shape index (κ1) is 13.8. The van der Waals surface area contributed by atoms with Crippen LogP contribution in [0.2, 0.25) is 0 Å². The monoisotopic (exact) mass is 206 g/mol. The molecule has 0 aliphatic heterocycles. The zero-order valence-electron chi connectivity index (χ0n) is 9.10. The fourth-order valence-electron chi connectivity index (χ4n) is 1.03. The lowest BCUT2D eigenvalue weighted by Gasteiger charge is -2.33. The normalized spacial score (nSPS) is 19.1. The van der Waals surface area contributed by atoms with Gasteiger partial charge in [-0.05, 0) is 20.3 Å². The zero-order chi connectivity index (χ0) is 11.4. The third-order valence-electron chi connectivity index (χ3n) is 2.21. The van der Waals surface area contributed by atoms with E-state index >= 15 is 0 Å². The van der Waals surface area contributed by atoms with Gasteiger partial charge in [-0.2, -0.15) is 0 Å². The molecular formula is C9H22N2O3. The second-order valence-electron chi connectivity index (χ2n) is 3.80. The quantitative estimate of drug-likeness (QED) is 0.424. The van der Waals surface area contributed by atoms with Crippen LogP contribution in [0.1, 0.15) is 27.2 Å². The van der Waals surface area contributed by atoms with Gasteiger partial charge in [0, 0.05) is 0 Å². The number of hydrogen-bond acceptors (Lipinski definition) is 5. The summed E-state index contributed by atoms with van der Waals surface area (Å²) in [5.41, 5.74) is 10.2. The first-order chi connectivity index (χ1) is 6.31. The van der Waals surface area contributed by atoms with E-state index in [1.54, 1.807) is 20.8 Å². The third-order valence-corrected chi connectivity index (χ3v) is 2.21. The molecule has 0 aliphatic carbocycles. The molecule has 0 fully saturated rings. The summed E-state index contributed by atoms with van der Waals surface area (Å²) in [4.78, 5) is 0. The molecule has 0 heterocycles. The summed E-state index contributed by atoms with van der Waals surface area (Å²) in [6, 6.07) is 0. The Balaban J connectivity index is 4.04. The minimum absolute atomic E-state index is 0.165. The van der Waals surface area contributed by atoms with Gasteiger partial charge < -0.3 is 26.4 Å². The maximum Gasteiger partial charge on any atom is 0.111 e. The summed E-state index contributed by atoms with van der Waals surface area (Å²) in [7, 11) is 0. The summed E-state index contributed by atoms with van der Waals surface area (Å²) < 4.78 is 5.19. The molecular weight excluding hydrogens is 184 g/mol. The fourth-order valence-corrected chi connectivity index (χ4v) is 1.03. The van der Waals surface area contributed by atoms with E-state index in [2.05, 4.69) is 0 Å². The predicted octanol–water partition coefficient (Wildman–Crippen LogP) is -0.843. The van der Waals surface area contributed by atoms with Crippen LogP contribution in [0.4, 0.5) is 0 Å². The average molecular weight is 206 g/mol. The molecule has 0 bridgehead atoms. The maximum atomic E-state index is 9.70. The van der Waals surface area contributed by atoms with Crippen molar-refractivity contribution in [1.29, 1.82) is 0 Å². The van der Waals surface area contributed by atoms with Crippen molar-refractivity contribution < 1.29 is 14.9 Å². The van der Waals surface area contributed by atoms with Crippen LogP contribution in [-0.4, -0.2) is 40.8 Å². The van der Waals surface area contributed by atoms with Crippen molar-refractivity contribution in [1.82, 2.24) is 0 Å². The molecule has 5 nitrogen and oxygen atoms in total. The second kappa shape index (κ2) is 5.63. The number of ether oxygens (including phenoxy) is 1. The van der Waals surface area contributed by atoms with Crippen LogP contribution in [0.3, 0.4) is 0 Å². The van der Waals surface area contributed by atoms with Crippen molar-refractivity contribution in [3.63, 3.8) is 0 Å². The van der Waals surface area contributed by atoms with Crippen LogP contribution in [0.15, 0.2) is 0 Å². The minimum Gasteiger partial charge on any atom is -0.391 e. The molecule has 6 N–H and O–H groups in total. The standard InChI is InChI=1S/C9H22N2O3/c1-4-9(10,11)8(13)7(3)14-5-6(2)12/h6-8,12-13H,4-5,10-11H2,1-3H3. The van der Waals surface area contributed by atoms with Crippen molar-refractivity contribution >= 4 is 0 Å². The number of hydrogen-bond donors (Lipinski definition) is 4. The molecule has 0 saturated carbocycles. The van der Waals surface area contributed by atoms with Crippen LogP contribution in [-0.2, 0) is 4.74 Å². The highest BCUT2D eigenvalue weighted by molar-refractivity contribution is 4.87. The number of aliphatic hydroxyl groups excluding tert-OH is 2. The Morgan fingerprint density at radius 1 is 1.29 bits per heavy atom. The summed E-state index contributed by atoms with van der Waals surface area (Å²) in [6.07, 6.45) is -1.53. The van der Waals surface area contributed by atoms with Crippen molar-refractivity contribution in [3.05, 3.63) is 0 Å². The van der Waals surface area contributed by atoms with Crippen LogP contribution in [0.25, 0.3) is 0 Å². The Hall–Kier alpha value is -0.200. The molecule has 0 aliphatic rings. The Kier molecular flexibility index (Phi) is 5.54. The number of rotatable bonds is 6. The topological polar surface area (TPSA) is 102 Å². The molecule has 5 heteroatoms. The smallest absolute Gasteiger partial charge is 0.111 e. The molecule has 0 aromatic rings. The SMILES string of the molecule is CCC(N)(N)C(O)C(C)OCC(C)O. The van der Waals surface area contributed by atoms with Crippen molar-refractivity contribution in [2.45, 2.75) is 51.2 Å². The van der Waals surface area contributed by atoms with Gasteiger partial charge in [-0.1, -0.05) is 6.92 Å². The van der Waals surface area contributed by atoms with Crippen molar-refractivity contribution in [2.75, 3.05) is 6.61 Å². The van der Waals surface area contributed by atoms with Crippen LogP contribution < -0.4 is 11.5 Å². The molecule has 3 atom stereocenters. The van der Waals surface area contributed by atoms with Crippen LogP contribution in [0.5, 0.6) is 0 Å². The van der Waals surface area contributed by atoms with E-state index in [9.17, 15) is 5.11 Å². The van der Waals surface area contributed by atoms with E-state index in [1.165, 1.54) is 0 Å². The third kappa shape index (κ3) is 4.34. The Morgan fingerprint density at radius 2 is 1.79 bits per heavy atom. The maximum absolute atomic E-state index is 9.70. The largest absolute Gasteiger partial charge is 0.391 e. The lowest BCUT2D eigenvalue weighted by atomic mass is 9.98. The van der Waals surface area contributed by atoms with E-state index in [1.807, 2.05) is 0 Å². The lowest BCUT2D eigenvalue weighted by Crippen LogP contribution is -2.62. The Bertz CT molecular complexity index is 162. The molecule has 0 saturated heterocycles. The highest BCUT2D eigenvalue weighted by atomic mass is 16.5. The highest BCUT2D eigenvalue weighted by Crippen LogP contribution is 2.11. The summed E-state index contributed by atoms with van der Waals surface area (Å²) in [5, 5.41) is 18.7. The van der Waals surface area contributed by atoms with Gasteiger partial charge in [0.15, 0.2) is 0 Å². The van der Waals surface area contributed by atoms with Gasteiger partial charge in [0.25, 0.3) is 0 Å². The van der Waals surface area contributed by atoms with Crippen LogP contribution >= 0.6 is 0 Å². The van der Waals surface area contributed by atoms with E-state index in [-0.39, 0.29) is 6.61 Å². The van der Waals surface area contributed by atoms with E-state index in [4.69, 9.17) is 21.3 Å². The van der Waals surface area contributed by atoms with Gasteiger partial charge in [-0.25, -0.2) is 0 Å². The van der Waals surface area contributed by atoms with Gasteiger partial charge in [0.05, 0.1) is 24.5 Å². The fraction of sp³-hybridized carbons (Fsp3) is 1.00. The van der Waals surface area contributed by atoms with E-state index in [0.717, 1.165) is 0 Å². The molecule has 0 radical (unpaired) electrons. The predicted molar refractivity (Wildman–Crippen MR) is 54.5 cm³/mol. The van der Waals surface area contributed by atoms with Crippen molar-refractivity contribution in [3.8, 4) is 0 Å². The van der Waals surface area contributed by atoms with Gasteiger partial charge in [0.1, 0.15) is 6.10 Å². The minimum atomic E-state index is -1.14. The molecule has 14 heavy (non-hydrogen) atoms. The van der Waals surface area contributed by atoms with Gasteiger partial charge in [0.2, 0.25) is 0 Å². The Morgan fingerprint density at radius 3 is 2.14 bits per heavy atom. The first-order valence-corrected chi connectivity index (χ1v) is 4.86. The molecule has 3 unspecified atom stereocenters. The van der Waals surface area contributed by atoms with E-state index < -0.39 is 24.0 Å². The van der Waals surface area contributed by atoms with Crippen LogP contribution in [0, 0.1) is 0 Å². The van der Waals surface area contributed by atoms with Gasteiger partial charge >= 0.3 is 0 Å². The summed E-state index contributed by atoms with van der Waals surface area (Å²) in [6.45, 7) is 5.25. The molecule has 0 aromatic carbocycles. The average Bonchev–Trinajstić information content (AvgIpc) is 2.12. The molecule has 0 rings (SSSR count). The Labute approximate surface area is 85.0 Å².